The maximum absolute atomic E-state index is 12.2. The molecule has 1 rings (SSSR count). The van der Waals surface area contributed by atoms with Crippen molar-refractivity contribution in [3.8, 4) is 0 Å². The molecule has 0 heterocycles. The first-order chi connectivity index (χ1) is 9.90. The van der Waals surface area contributed by atoms with Crippen molar-refractivity contribution < 1.29 is 8.42 Å². The Labute approximate surface area is 137 Å². The third-order valence-electron chi connectivity index (χ3n) is 3.15. The smallest absolute Gasteiger partial charge is 0.240 e. The van der Waals surface area contributed by atoms with Gasteiger partial charge < -0.3 is 5.32 Å². The summed E-state index contributed by atoms with van der Waals surface area (Å²) in [5, 5.41) is 4.06. The van der Waals surface area contributed by atoms with Gasteiger partial charge in [0, 0.05) is 23.4 Å². The highest BCUT2D eigenvalue weighted by atomic mass is 35.5. The minimum Gasteiger partial charge on any atom is -0.313 e. The fraction of sp³-hybridized carbons (Fsp3) is 0.571. The second-order valence-corrected chi connectivity index (χ2v) is 8.22. The molecule has 0 radical (unpaired) electrons. The predicted molar refractivity (Wildman–Crippen MR) is 91.6 cm³/mol. The Kier molecular flexibility index (Phi) is 8.05. The highest BCUT2D eigenvalue weighted by Crippen LogP contribution is 2.21. The van der Waals surface area contributed by atoms with Gasteiger partial charge in [0.25, 0.3) is 0 Å². The van der Waals surface area contributed by atoms with E-state index >= 15 is 0 Å². The largest absolute Gasteiger partial charge is 0.313 e. The number of sulfonamides is 1. The molecule has 0 spiro atoms. The molecule has 2 N–H and O–H groups in total. The molecule has 1 atom stereocenters. The fourth-order valence-corrected chi connectivity index (χ4v) is 3.44. The van der Waals surface area contributed by atoms with Gasteiger partial charge in [-0.3, -0.25) is 0 Å². The van der Waals surface area contributed by atoms with Crippen LogP contribution in [0.2, 0.25) is 5.02 Å². The van der Waals surface area contributed by atoms with E-state index in [-0.39, 0.29) is 4.90 Å². The monoisotopic (exact) mass is 350 g/mol. The van der Waals surface area contributed by atoms with E-state index in [0.29, 0.717) is 23.4 Å². The molecule has 0 aliphatic heterocycles. The van der Waals surface area contributed by atoms with E-state index in [1.807, 2.05) is 13.2 Å². The molecule has 120 valence electrons. The Morgan fingerprint density at radius 2 is 2.10 bits per heavy atom. The van der Waals surface area contributed by atoms with Crippen molar-refractivity contribution in [3.63, 3.8) is 0 Å². The van der Waals surface area contributed by atoms with Crippen molar-refractivity contribution in [2.75, 3.05) is 19.3 Å². The first kappa shape index (κ1) is 18.8. The molecule has 0 aromatic heterocycles. The molecule has 4 nitrogen and oxygen atoms in total. The van der Waals surface area contributed by atoms with Crippen LogP contribution in [0.5, 0.6) is 0 Å². The Morgan fingerprint density at radius 3 is 2.67 bits per heavy atom. The lowest BCUT2D eigenvalue weighted by molar-refractivity contribution is 0.579. The number of hydrogen-bond donors (Lipinski definition) is 2. The zero-order valence-corrected chi connectivity index (χ0v) is 15.0. The summed E-state index contributed by atoms with van der Waals surface area (Å²) in [6, 6.07) is 4.86. The van der Waals surface area contributed by atoms with E-state index in [1.54, 1.807) is 23.9 Å². The number of thioether (sulfide) groups is 1. The van der Waals surface area contributed by atoms with Gasteiger partial charge in [0.1, 0.15) is 0 Å². The molecular weight excluding hydrogens is 328 g/mol. The van der Waals surface area contributed by atoms with Crippen LogP contribution in [-0.2, 0) is 16.6 Å². The third-order valence-corrected chi connectivity index (χ3v) is 6.00. The van der Waals surface area contributed by atoms with Crippen LogP contribution in [0.1, 0.15) is 25.8 Å². The maximum atomic E-state index is 12.2. The summed E-state index contributed by atoms with van der Waals surface area (Å²) in [5.74, 6) is 0. The number of nitrogens with one attached hydrogen (secondary N) is 2. The molecule has 1 aromatic carbocycles. The van der Waals surface area contributed by atoms with Crippen molar-refractivity contribution in [2.45, 2.75) is 37.0 Å². The van der Waals surface area contributed by atoms with Crippen LogP contribution in [0.25, 0.3) is 0 Å². The second-order valence-electron chi connectivity index (χ2n) is 4.77. The van der Waals surface area contributed by atoms with Crippen molar-refractivity contribution in [1.82, 2.24) is 10.0 Å². The molecule has 0 bridgehead atoms. The summed E-state index contributed by atoms with van der Waals surface area (Å²) in [6.45, 7) is 5.98. The average Bonchev–Trinajstić information content (AvgIpc) is 2.45. The van der Waals surface area contributed by atoms with Crippen LogP contribution in [-0.4, -0.2) is 33.0 Å². The summed E-state index contributed by atoms with van der Waals surface area (Å²) < 4.78 is 27.0. The molecule has 1 unspecified atom stereocenters. The zero-order valence-electron chi connectivity index (χ0n) is 12.6. The molecule has 0 saturated carbocycles. The van der Waals surface area contributed by atoms with Crippen LogP contribution in [0.3, 0.4) is 0 Å². The lowest BCUT2D eigenvalue weighted by Gasteiger charge is -2.11. The van der Waals surface area contributed by atoms with Crippen LogP contribution >= 0.6 is 23.4 Å². The van der Waals surface area contributed by atoms with Gasteiger partial charge >= 0.3 is 0 Å². The molecular formula is C14H23ClN2O2S2. The SMILES string of the molecule is CCNCc1ccc(S(=O)(=O)NCCC(C)SC)cc1Cl. The fourth-order valence-electron chi connectivity index (χ4n) is 1.70. The van der Waals surface area contributed by atoms with Gasteiger partial charge in [-0.05, 0) is 36.9 Å². The highest BCUT2D eigenvalue weighted by Gasteiger charge is 2.15. The molecule has 0 aliphatic rings. The van der Waals surface area contributed by atoms with Crippen LogP contribution in [0.4, 0.5) is 0 Å². The standard InChI is InChI=1S/C14H23ClN2O2S2/c1-4-16-10-12-5-6-13(9-14(12)15)21(18,19)17-8-7-11(2)20-3/h5-6,9,11,16-17H,4,7-8,10H2,1-3H3. The van der Waals surface area contributed by atoms with Crippen molar-refractivity contribution in [3.05, 3.63) is 28.8 Å². The summed E-state index contributed by atoms with van der Waals surface area (Å²) in [7, 11) is -3.49. The van der Waals surface area contributed by atoms with E-state index < -0.39 is 10.0 Å². The first-order valence-electron chi connectivity index (χ1n) is 6.92. The van der Waals surface area contributed by atoms with Gasteiger partial charge in [0.15, 0.2) is 0 Å². The van der Waals surface area contributed by atoms with E-state index in [0.717, 1.165) is 18.5 Å². The van der Waals surface area contributed by atoms with E-state index in [2.05, 4.69) is 17.0 Å². The van der Waals surface area contributed by atoms with Crippen molar-refractivity contribution in [2.24, 2.45) is 0 Å². The third kappa shape index (κ3) is 6.16. The normalized spacial score (nSPS) is 13.3. The highest BCUT2D eigenvalue weighted by molar-refractivity contribution is 7.99. The van der Waals surface area contributed by atoms with Gasteiger partial charge in [-0.2, -0.15) is 11.8 Å². The predicted octanol–water partition coefficient (Wildman–Crippen LogP) is 2.87. The molecule has 1 aromatic rings. The molecule has 0 fully saturated rings. The van der Waals surface area contributed by atoms with Gasteiger partial charge in [0.2, 0.25) is 10.0 Å². The molecule has 0 aliphatic carbocycles. The Balaban J connectivity index is 2.72. The summed E-state index contributed by atoms with van der Waals surface area (Å²) in [4.78, 5) is 0.213. The first-order valence-corrected chi connectivity index (χ1v) is 10.1. The number of benzene rings is 1. The minimum atomic E-state index is -3.49. The van der Waals surface area contributed by atoms with Crippen molar-refractivity contribution >= 4 is 33.4 Å². The Morgan fingerprint density at radius 1 is 1.38 bits per heavy atom. The summed E-state index contributed by atoms with van der Waals surface area (Å²) in [5.41, 5.74) is 0.897. The quantitative estimate of drug-likeness (QED) is 0.719. The van der Waals surface area contributed by atoms with Gasteiger partial charge in [0.05, 0.1) is 4.90 Å². The zero-order chi connectivity index (χ0) is 15.9. The van der Waals surface area contributed by atoms with Gasteiger partial charge in [-0.15, -0.1) is 0 Å². The van der Waals surface area contributed by atoms with E-state index in [9.17, 15) is 8.42 Å². The minimum absolute atomic E-state index is 0.213. The summed E-state index contributed by atoms with van der Waals surface area (Å²) >= 11 is 7.86. The lowest BCUT2D eigenvalue weighted by atomic mass is 10.2. The molecule has 21 heavy (non-hydrogen) atoms. The van der Waals surface area contributed by atoms with Crippen molar-refractivity contribution in [1.29, 1.82) is 0 Å². The average molecular weight is 351 g/mol. The number of rotatable bonds is 9. The Hall–Kier alpha value is -0.270. The summed E-state index contributed by atoms with van der Waals surface area (Å²) in [6.07, 6.45) is 2.81. The number of hydrogen-bond acceptors (Lipinski definition) is 4. The molecule has 7 heteroatoms. The van der Waals surface area contributed by atoms with Crippen LogP contribution in [0, 0.1) is 0 Å². The van der Waals surface area contributed by atoms with Crippen LogP contribution < -0.4 is 10.0 Å². The lowest BCUT2D eigenvalue weighted by Crippen LogP contribution is -2.26. The molecule has 0 saturated heterocycles. The number of halogens is 1. The maximum Gasteiger partial charge on any atom is 0.240 e. The van der Waals surface area contributed by atoms with E-state index in [1.165, 1.54) is 6.07 Å². The second kappa shape index (κ2) is 9.00. The molecule has 0 amide bonds. The topological polar surface area (TPSA) is 58.2 Å². The Bertz CT molecular complexity index is 550. The van der Waals surface area contributed by atoms with Gasteiger partial charge in [-0.1, -0.05) is 31.5 Å². The van der Waals surface area contributed by atoms with Crippen LogP contribution in [0.15, 0.2) is 23.1 Å². The van der Waals surface area contributed by atoms with E-state index in [4.69, 9.17) is 11.6 Å². The van der Waals surface area contributed by atoms with Gasteiger partial charge in [-0.25, -0.2) is 13.1 Å².